The molecular weight excluding hydrogens is 1200 g/mol. The summed E-state index contributed by atoms with van der Waals surface area (Å²) in [5.74, 6) is -0.606. The molecule has 540 valence electrons. The second-order valence-electron chi connectivity index (χ2n) is 26.7. The van der Waals surface area contributed by atoms with Crippen molar-refractivity contribution in [3.63, 3.8) is 0 Å². The molecule has 3 N–H and O–H groups in total. The summed E-state index contributed by atoms with van der Waals surface area (Å²) in [7, 11) is -9.90. The molecular formula is C72H140O17P2. The van der Waals surface area contributed by atoms with E-state index >= 15 is 0 Å². The molecule has 19 heteroatoms. The van der Waals surface area contributed by atoms with Gasteiger partial charge in [0.25, 0.3) is 0 Å². The number of carbonyl (C=O) groups is 4. The van der Waals surface area contributed by atoms with Crippen LogP contribution in [0.5, 0.6) is 0 Å². The second kappa shape index (κ2) is 64.1. The number of esters is 4. The van der Waals surface area contributed by atoms with Gasteiger partial charge in [-0.05, 0) is 37.5 Å². The number of carbonyl (C=O) groups excluding carboxylic acids is 4. The fraction of sp³-hybridized carbons (Fsp3) is 0.944. The van der Waals surface area contributed by atoms with Crippen LogP contribution in [0.1, 0.15) is 369 Å². The zero-order chi connectivity index (χ0) is 67.2. The Balaban J connectivity index is 5.25. The predicted molar refractivity (Wildman–Crippen MR) is 368 cm³/mol. The molecule has 6 atom stereocenters. The highest BCUT2D eigenvalue weighted by molar-refractivity contribution is 7.47. The number of hydrogen-bond acceptors (Lipinski definition) is 15. The summed E-state index contributed by atoms with van der Waals surface area (Å²) in [6.45, 7) is 9.54. The van der Waals surface area contributed by atoms with Crippen LogP contribution < -0.4 is 0 Å². The number of aliphatic hydroxyl groups is 1. The number of rotatable bonds is 71. The molecule has 0 radical (unpaired) electrons. The van der Waals surface area contributed by atoms with Gasteiger partial charge < -0.3 is 33.8 Å². The zero-order valence-corrected chi connectivity index (χ0v) is 60.9. The lowest BCUT2D eigenvalue weighted by atomic mass is 9.99. The van der Waals surface area contributed by atoms with Crippen LogP contribution in [-0.2, 0) is 65.4 Å². The van der Waals surface area contributed by atoms with Crippen LogP contribution in [0.2, 0.25) is 0 Å². The highest BCUT2D eigenvalue weighted by Gasteiger charge is 2.30. The summed E-state index contributed by atoms with van der Waals surface area (Å²) < 4.78 is 68.4. The highest BCUT2D eigenvalue weighted by Crippen LogP contribution is 2.45. The van der Waals surface area contributed by atoms with Gasteiger partial charge in [-0.25, -0.2) is 9.13 Å². The van der Waals surface area contributed by atoms with Gasteiger partial charge in [-0.15, -0.1) is 0 Å². The Morgan fingerprint density at radius 1 is 0.319 bits per heavy atom. The lowest BCUT2D eigenvalue weighted by Gasteiger charge is -2.21. The first-order valence-corrected chi connectivity index (χ1v) is 40.5. The quantitative estimate of drug-likeness (QED) is 0.0222. The third-order valence-corrected chi connectivity index (χ3v) is 19.0. The number of unbranched alkanes of at least 4 members (excludes halogenated alkanes) is 40. The van der Waals surface area contributed by atoms with E-state index in [1.807, 2.05) is 0 Å². The normalized spacial score (nSPS) is 14.4. The van der Waals surface area contributed by atoms with Crippen LogP contribution in [0.4, 0.5) is 0 Å². The number of phosphoric ester groups is 2. The van der Waals surface area contributed by atoms with Crippen molar-refractivity contribution >= 4 is 39.5 Å². The van der Waals surface area contributed by atoms with Gasteiger partial charge in [0.15, 0.2) is 12.2 Å². The molecule has 0 saturated carbocycles. The second-order valence-corrected chi connectivity index (χ2v) is 29.6. The van der Waals surface area contributed by atoms with Gasteiger partial charge in [-0.3, -0.25) is 37.3 Å². The maximum Gasteiger partial charge on any atom is 0.472 e. The van der Waals surface area contributed by atoms with E-state index in [0.29, 0.717) is 31.6 Å². The molecule has 0 fully saturated rings. The fourth-order valence-electron chi connectivity index (χ4n) is 10.9. The van der Waals surface area contributed by atoms with Gasteiger partial charge in [0.05, 0.1) is 26.4 Å². The molecule has 0 amide bonds. The molecule has 0 heterocycles. The Morgan fingerprint density at radius 2 is 0.560 bits per heavy atom. The van der Waals surface area contributed by atoms with E-state index in [9.17, 15) is 43.2 Å². The molecule has 0 saturated heterocycles. The van der Waals surface area contributed by atoms with Crippen LogP contribution in [0.3, 0.4) is 0 Å². The van der Waals surface area contributed by atoms with E-state index in [-0.39, 0.29) is 25.7 Å². The van der Waals surface area contributed by atoms with Crippen LogP contribution in [0.25, 0.3) is 0 Å². The van der Waals surface area contributed by atoms with Crippen LogP contribution in [0, 0.1) is 11.8 Å². The van der Waals surface area contributed by atoms with Crippen molar-refractivity contribution in [2.45, 2.75) is 387 Å². The van der Waals surface area contributed by atoms with Crippen molar-refractivity contribution in [1.29, 1.82) is 0 Å². The minimum Gasteiger partial charge on any atom is -0.462 e. The fourth-order valence-corrected chi connectivity index (χ4v) is 12.5. The Hall–Kier alpha value is -1.94. The van der Waals surface area contributed by atoms with Crippen molar-refractivity contribution in [1.82, 2.24) is 0 Å². The van der Waals surface area contributed by atoms with Crippen LogP contribution >= 0.6 is 15.6 Å². The topological polar surface area (TPSA) is 237 Å². The Morgan fingerprint density at radius 3 is 0.835 bits per heavy atom. The van der Waals surface area contributed by atoms with Crippen molar-refractivity contribution in [2.75, 3.05) is 39.6 Å². The molecule has 0 aromatic carbocycles. The number of phosphoric acid groups is 2. The van der Waals surface area contributed by atoms with Crippen molar-refractivity contribution in [2.24, 2.45) is 11.8 Å². The van der Waals surface area contributed by atoms with Crippen molar-refractivity contribution in [3.05, 3.63) is 0 Å². The minimum atomic E-state index is -4.95. The molecule has 0 aromatic heterocycles. The maximum atomic E-state index is 13.0. The van der Waals surface area contributed by atoms with Gasteiger partial charge in [0.1, 0.15) is 19.3 Å². The standard InChI is InChI=1S/C72H140O17P2/c1-7-10-12-14-16-18-20-21-22-23-24-26-32-38-45-51-57-72(77)88-67(60-82-69(74)54-48-42-36-30-28-27-29-35-41-47-53-65(6)9-3)62-86-90(78,79)84-58-66(73)59-85-91(80,81)87-63-68(61-83-70(75)55-49-43-39-33-34-40-46-52-64(4)5)89-71(76)56-50-44-37-31-25-19-17-15-13-11-8-2/h64-68,73H,7-63H2,1-6H3,(H,78,79)(H,80,81)/t65?,66-,67-,68-/m1/s1. The summed E-state index contributed by atoms with van der Waals surface area (Å²) in [5, 5.41) is 10.6. The third kappa shape index (κ3) is 65.1. The lowest BCUT2D eigenvalue weighted by Crippen LogP contribution is -2.30. The molecule has 0 bridgehead atoms. The van der Waals surface area contributed by atoms with Gasteiger partial charge in [0, 0.05) is 25.7 Å². The van der Waals surface area contributed by atoms with E-state index in [1.165, 1.54) is 180 Å². The predicted octanol–water partition coefficient (Wildman–Crippen LogP) is 20.8. The third-order valence-electron chi connectivity index (χ3n) is 17.1. The lowest BCUT2D eigenvalue weighted by molar-refractivity contribution is -0.161. The van der Waals surface area contributed by atoms with Gasteiger partial charge in [-0.2, -0.15) is 0 Å². The SMILES string of the molecule is CCCCCCCCCCCCCCCCCCC(=O)O[C@H](COC(=O)CCCCCCCCCCCCC(C)CC)COP(=O)(O)OC[C@@H](O)COP(=O)(O)OC[C@@H](COC(=O)CCCCCCCCCC(C)C)OC(=O)CCCCCCCCCCCCC. The average molecular weight is 1340 g/mol. The van der Waals surface area contributed by atoms with Crippen LogP contribution in [0.15, 0.2) is 0 Å². The highest BCUT2D eigenvalue weighted by atomic mass is 31.2. The van der Waals surface area contributed by atoms with E-state index in [0.717, 1.165) is 102 Å². The zero-order valence-electron chi connectivity index (χ0n) is 59.1. The molecule has 3 unspecified atom stereocenters. The molecule has 91 heavy (non-hydrogen) atoms. The summed E-state index contributed by atoms with van der Waals surface area (Å²) in [6.07, 6.45) is 49.9. The van der Waals surface area contributed by atoms with E-state index in [1.54, 1.807) is 0 Å². The maximum absolute atomic E-state index is 13.0. The van der Waals surface area contributed by atoms with Gasteiger partial charge >= 0.3 is 39.5 Å². The van der Waals surface area contributed by atoms with Crippen molar-refractivity contribution < 1.29 is 80.2 Å². The largest absolute Gasteiger partial charge is 0.472 e. The molecule has 0 aliphatic heterocycles. The molecule has 0 spiro atoms. The Labute approximate surface area is 556 Å². The smallest absolute Gasteiger partial charge is 0.462 e. The Bertz CT molecular complexity index is 1770. The van der Waals surface area contributed by atoms with E-state index < -0.39 is 97.5 Å². The summed E-state index contributed by atoms with van der Waals surface area (Å²) in [6, 6.07) is 0. The number of aliphatic hydroxyl groups excluding tert-OH is 1. The number of ether oxygens (including phenoxy) is 4. The first kappa shape index (κ1) is 89.1. The Kier molecular flexibility index (Phi) is 62.7. The number of hydrogen-bond donors (Lipinski definition) is 3. The van der Waals surface area contributed by atoms with Gasteiger partial charge in [-0.1, -0.05) is 318 Å². The molecule has 0 aromatic rings. The monoisotopic (exact) mass is 1340 g/mol. The molecule has 0 aliphatic rings. The summed E-state index contributed by atoms with van der Waals surface area (Å²) in [5.41, 5.74) is 0. The van der Waals surface area contributed by atoms with Gasteiger partial charge in [0.2, 0.25) is 0 Å². The van der Waals surface area contributed by atoms with E-state index in [2.05, 4.69) is 41.5 Å². The summed E-state index contributed by atoms with van der Waals surface area (Å²) >= 11 is 0. The molecule has 17 nitrogen and oxygen atoms in total. The molecule has 0 aliphatic carbocycles. The first-order chi connectivity index (χ1) is 43.9. The summed E-state index contributed by atoms with van der Waals surface area (Å²) in [4.78, 5) is 72.6. The van der Waals surface area contributed by atoms with Crippen LogP contribution in [-0.4, -0.2) is 96.7 Å². The minimum absolute atomic E-state index is 0.106. The first-order valence-electron chi connectivity index (χ1n) is 37.5. The van der Waals surface area contributed by atoms with E-state index in [4.69, 9.17) is 37.0 Å². The van der Waals surface area contributed by atoms with Crippen molar-refractivity contribution in [3.8, 4) is 0 Å². The molecule has 0 rings (SSSR count). The average Bonchev–Trinajstić information content (AvgIpc) is 3.59.